The van der Waals surface area contributed by atoms with E-state index in [0.717, 1.165) is 36.1 Å². The van der Waals surface area contributed by atoms with E-state index in [9.17, 15) is 9.59 Å². The molecule has 25 heavy (non-hydrogen) atoms. The van der Waals surface area contributed by atoms with Gasteiger partial charge in [0.1, 0.15) is 17.6 Å². The van der Waals surface area contributed by atoms with Gasteiger partial charge in [-0.25, -0.2) is 0 Å². The molecule has 1 saturated heterocycles. The van der Waals surface area contributed by atoms with E-state index in [4.69, 9.17) is 15.2 Å². The van der Waals surface area contributed by atoms with Gasteiger partial charge < -0.3 is 20.1 Å². The minimum atomic E-state index is -0.340. The number of carbonyl (C=O) groups is 2. The van der Waals surface area contributed by atoms with Crippen LogP contribution in [0.15, 0.2) is 18.2 Å². The third-order valence-corrected chi connectivity index (χ3v) is 4.79. The molecular formula is C19H24N2O4. The quantitative estimate of drug-likeness (QED) is 0.844. The standard InChI is InChI=1S/C19H24N2O4/c1-12-8-15-10-16(24-2)13(9-17(15)25-12)5-6-18(22)21-7-3-4-14(11-21)19(20)23/h5-6,9-10,12,14H,3-4,7-8,11H2,1-2H3,(H2,20,23)/b6-5+/t12-,14-/m0/s1. The first-order valence-electron chi connectivity index (χ1n) is 8.61. The molecular weight excluding hydrogens is 320 g/mol. The summed E-state index contributed by atoms with van der Waals surface area (Å²) < 4.78 is 11.2. The van der Waals surface area contributed by atoms with Gasteiger partial charge in [0.15, 0.2) is 0 Å². The Morgan fingerprint density at radius 1 is 1.40 bits per heavy atom. The number of methoxy groups -OCH3 is 1. The molecule has 1 fully saturated rings. The predicted molar refractivity (Wildman–Crippen MR) is 94.3 cm³/mol. The van der Waals surface area contributed by atoms with Crippen LogP contribution in [0.1, 0.15) is 30.9 Å². The van der Waals surface area contributed by atoms with E-state index in [1.807, 2.05) is 19.1 Å². The normalized spacial score (nSPS) is 22.6. The monoisotopic (exact) mass is 344 g/mol. The lowest BCUT2D eigenvalue weighted by atomic mass is 9.97. The van der Waals surface area contributed by atoms with E-state index >= 15 is 0 Å². The van der Waals surface area contributed by atoms with Crippen molar-refractivity contribution in [3.05, 3.63) is 29.3 Å². The maximum absolute atomic E-state index is 12.4. The first-order chi connectivity index (χ1) is 12.0. The Labute approximate surface area is 147 Å². The van der Waals surface area contributed by atoms with Gasteiger partial charge in [0, 0.05) is 36.7 Å². The fourth-order valence-electron chi connectivity index (χ4n) is 3.44. The van der Waals surface area contributed by atoms with Crippen LogP contribution in [0.3, 0.4) is 0 Å². The summed E-state index contributed by atoms with van der Waals surface area (Å²) in [4.78, 5) is 25.5. The molecule has 6 heteroatoms. The average molecular weight is 344 g/mol. The zero-order valence-electron chi connectivity index (χ0n) is 14.7. The molecule has 0 unspecified atom stereocenters. The van der Waals surface area contributed by atoms with Crippen LogP contribution in [-0.4, -0.2) is 43.0 Å². The fraction of sp³-hybridized carbons (Fsp3) is 0.474. The fourth-order valence-corrected chi connectivity index (χ4v) is 3.44. The van der Waals surface area contributed by atoms with Gasteiger partial charge in [-0.2, -0.15) is 0 Å². The topological polar surface area (TPSA) is 81.9 Å². The molecule has 0 aromatic heterocycles. The lowest BCUT2D eigenvalue weighted by Gasteiger charge is -2.30. The van der Waals surface area contributed by atoms with Crippen molar-refractivity contribution >= 4 is 17.9 Å². The number of ether oxygens (including phenoxy) is 2. The molecule has 1 aromatic rings. The summed E-state index contributed by atoms with van der Waals surface area (Å²) in [6, 6.07) is 3.87. The number of rotatable bonds is 4. The van der Waals surface area contributed by atoms with Gasteiger partial charge >= 0.3 is 0 Å². The largest absolute Gasteiger partial charge is 0.496 e. The van der Waals surface area contributed by atoms with Crippen molar-refractivity contribution in [1.82, 2.24) is 4.90 Å². The number of hydrogen-bond acceptors (Lipinski definition) is 4. The van der Waals surface area contributed by atoms with Crippen molar-refractivity contribution in [2.75, 3.05) is 20.2 Å². The molecule has 2 aliphatic rings. The number of carbonyl (C=O) groups excluding carboxylic acids is 2. The van der Waals surface area contributed by atoms with Crippen LogP contribution in [0.4, 0.5) is 0 Å². The number of fused-ring (bicyclic) bond motifs is 1. The van der Waals surface area contributed by atoms with Crippen LogP contribution < -0.4 is 15.2 Å². The molecule has 1 aromatic carbocycles. The lowest BCUT2D eigenvalue weighted by molar-refractivity contribution is -0.130. The minimum Gasteiger partial charge on any atom is -0.496 e. The first-order valence-corrected chi connectivity index (χ1v) is 8.61. The smallest absolute Gasteiger partial charge is 0.246 e. The Bertz CT molecular complexity index is 714. The van der Waals surface area contributed by atoms with Gasteiger partial charge in [0.25, 0.3) is 0 Å². The number of primary amides is 1. The lowest BCUT2D eigenvalue weighted by Crippen LogP contribution is -2.43. The molecule has 0 bridgehead atoms. The summed E-state index contributed by atoms with van der Waals surface area (Å²) in [5.41, 5.74) is 7.29. The molecule has 6 nitrogen and oxygen atoms in total. The highest BCUT2D eigenvalue weighted by atomic mass is 16.5. The van der Waals surface area contributed by atoms with Crippen LogP contribution >= 0.6 is 0 Å². The Hall–Kier alpha value is -2.50. The van der Waals surface area contributed by atoms with Crippen LogP contribution in [0.5, 0.6) is 11.5 Å². The number of amides is 2. The molecule has 2 atom stereocenters. The zero-order valence-corrected chi connectivity index (χ0v) is 14.7. The van der Waals surface area contributed by atoms with Crippen molar-refractivity contribution in [3.8, 4) is 11.5 Å². The third kappa shape index (κ3) is 3.78. The molecule has 0 aliphatic carbocycles. The summed E-state index contributed by atoms with van der Waals surface area (Å²) in [6.07, 6.45) is 5.81. The van der Waals surface area contributed by atoms with Gasteiger partial charge in [0.2, 0.25) is 11.8 Å². The van der Waals surface area contributed by atoms with Crippen molar-refractivity contribution in [3.63, 3.8) is 0 Å². The number of hydrogen-bond donors (Lipinski definition) is 1. The van der Waals surface area contributed by atoms with E-state index in [2.05, 4.69) is 0 Å². The molecule has 2 heterocycles. The first kappa shape index (κ1) is 17.3. The Kier molecular flexibility index (Phi) is 4.97. The summed E-state index contributed by atoms with van der Waals surface area (Å²) >= 11 is 0. The van der Waals surface area contributed by atoms with Gasteiger partial charge in [0.05, 0.1) is 13.0 Å². The van der Waals surface area contributed by atoms with Crippen LogP contribution in [0, 0.1) is 5.92 Å². The number of benzene rings is 1. The minimum absolute atomic E-state index is 0.122. The number of nitrogens with two attached hydrogens (primary N) is 1. The molecule has 3 rings (SSSR count). The Morgan fingerprint density at radius 3 is 2.92 bits per heavy atom. The van der Waals surface area contributed by atoms with Gasteiger partial charge in [-0.05, 0) is 38.0 Å². The second kappa shape index (κ2) is 7.17. The summed E-state index contributed by atoms with van der Waals surface area (Å²) in [6.45, 7) is 3.06. The molecule has 0 radical (unpaired) electrons. The Morgan fingerprint density at radius 2 is 2.20 bits per heavy atom. The van der Waals surface area contributed by atoms with Gasteiger partial charge in [-0.1, -0.05) is 0 Å². The summed E-state index contributed by atoms with van der Waals surface area (Å²) in [5.74, 6) is 0.840. The highest BCUT2D eigenvalue weighted by Gasteiger charge is 2.26. The van der Waals surface area contributed by atoms with E-state index < -0.39 is 0 Å². The van der Waals surface area contributed by atoms with Crippen LogP contribution in [0.2, 0.25) is 0 Å². The van der Waals surface area contributed by atoms with E-state index in [1.54, 1.807) is 18.1 Å². The molecule has 0 spiro atoms. The maximum Gasteiger partial charge on any atom is 0.246 e. The summed E-state index contributed by atoms with van der Waals surface area (Å²) in [5, 5.41) is 0. The van der Waals surface area contributed by atoms with Crippen molar-refractivity contribution in [1.29, 1.82) is 0 Å². The number of nitrogens with zero attached hydrogens (tertiary/aromatic N) is 1. The number of piperidine rings is 1. The highest BCUT2D eigenvalue weighted by Crippen LogP contribution is 2.35. The predicted octanol–water partition coefficient (Wildman–Crippen LogP) is 1.76. The van der Waals surface area contributed by atoms with E-state index in [1.165, 1.54) is 6.08 Å². The average Bonchev–Trinajstić information content (AvgIpc) is 2.97. The third-order valence-electron chi connectivity index (χ3n) is 4.79. The van der Waals surface area contributed by atoms with E-state index in [0.29, 0.717) is 18.8 Å². The molecule has 2 aliphatic heterocycles. The molecule has 2 amide bonds. The van der Waals surface area contributed by atoms with Crippen molar-refractivity contribution < 1.29 is 19.1 Å². The zero-order chi connectivity index (χ0) is 18.0. The van der Waals surface area contributed by atoms with Crippen molar-refractivity contribution in [2.24, 2.45) is 11.7 Å². The van der Waals surface area contributed by atoms with Gasteiger partial charge in [-0.3, -0.25) is 9.59 Å². The Balaban J connectivity index is 1.74. The van der Waals surface area contributed by atoms with Crippen LogP contribution in [0.25, 0.3) is 6.08 Å². The second-order valence-corrected chi connectivity index (χ2v) is 6.69. The second-order valence-electron chi connectivity index (χ2n) is 6.69. The van der Waals surface area contributed by atoms with Crippen LogP contribution in [-0.2, 0) is 16.0 Å². The van der Waals surface area contributed by atoms with Crippen molar-refractivity contribution in [2.45, 2.75) is 32.3 Å². The SMILES string of the molecule is COc1cc2c(cc1/C=C/C(=O)N1CCC[C@H](C(N)=O)C1)O[C@@H](C)C2. The van der Waals surface area contributed by atoms with E-state index in [-0.39, 0.29) is 23.8 Å². The maximum atomic E-state index is 12.4. The van der Waals surface area contributed by atoms with Gasteiger partial charge in [-0.15, -0.1) is 0 Å². The molecule has 0 saturated carbocycles. The summed E-state index contributed by atoms with van der Waals surface area (Å²) in [7, 11) is 1.61. The molecule has 2 N–H and O–H groups in total. The number of likely N-dealkylation sites (tertiary alicyclic amines) is 1. The highest BCUT2D eigenvalue weighted by molar-refractivity contribution is 5.92. The molecule has 134 valence electrons.